The van der Waals surface area contributed by atoms with Crippen molar-refractivity contribution >= 4 is 11.6 Å². The lowest BCUT2D eigenvalue weighted by atomic mass is 10.3. The summed E-state index contributed by atoms with van der Waals surface area (Å²) in [4.78, 5) is 21.5. The minimum Gasteiger partial charge on any atom is -0.397 e. The number of hydrogen-bond donors (Lipinski definition) is 2. The van der Waals surface area contributed by atoms with Crippen LogP contribution in [-0.4, -0.2) is 26.8 Å². The largest absolute Gasteiger partial charge is 0.397 e. The Hall–Kier alpha value is -2.30. The van der Waals surface area contributed by atoms with Gasteiger partial charge in [0.1, 0.15) is 5.69 Å². The van der Waals surface area contributed by atoms with E-state index in [2.05, 4.69) is 9.97 Å². The van der Waals surface area contributed by atoms with Crippen LogP contribution in [0.15, 0.2) is 36.7 Å². The number of nitrogens with two attached hydrogens (primary N) is 1. The van der Waals surface area contributed by atoms with Crippen LogP contribution >= 0.6 is 0 Å². The topological polar surface area (TPSA) is 75.0 Å². The summed E-state index contributed by atoms with van der Waals surface area (Å²) in [5.74, 6) is -0.00940. The molecule has 0 bridgehead atoms. The molecule has 1 fully saturated rings. The molecular formula is C14H16N4O. The third-order valence-electron chi connectivity index (χ3n) is 3.24. The van der Waals surface area contributed by atoms with Crippen LogP contribution in [0.25, 0.3) is 0 Å². The molecule has 3 rings (SSSR count). The molecule has 0 saturated heterocycles. The van der Waals surface area contributed by atoms with Gasteiger partial charge in [-0.15, -0.1) is 0 Å². The van der Waals surface area contributed by atoms with Crippen LogP contribution < -0.4 is 5.73 Å². The molecule has 2 heterocycles. The van der Waals surface area contributed by atoms with Crippen molar-refractivity contribution in [3.63, 3.8) is 0 Å². The summed E-state index contributed by atoms with van der Waals surface area (Å²) in [6, 6.07) is 7.75. The number of H-pyrrole nitrogens is 1. The quantitative estimate of drug-likeness (QED) is 0.875. The third kappa shape index (κ3) is 2.59. The van der Waals surface area contributed by atoms with Crippen LogP contribution in [0.1, 0.15) is 29.0 Å². The van der Waals surface area contributed by atoms with Crippen LogP contribution in [0.2, 0.25) is 0 Å². The SMILES string of the molecule is Nc1c[nH]c(C(=O)N(Cc2ccccn2)C2CC2)c1. The number of aromatic nitrogens is 2. The lowest BCUT2D eigenvalue weighted by molar-refractivity contribution is 0.0722. The number of carbonyl (C=O) groups is 1. The van der Waals surface area contributed by atoms with E-state index in [0.717, 1.165) is 18.5 Å². The first kappa shape index (κ1) is 11.8. The van der Waals surface area contributed by atoms with E-state index in [4.69, 9.17) is 5.73 Å². The molecule has 5 nitrogen and oxygen atoms in total. The van der Waals surface area contributed by atoms with Crippen molar-refractivity contribution in [1.29, 1.82) is 0 Å². The van der Waals surface area contributed by atoms with E-state index in [1.165, 1.54) is 0 Å². The second-order valence-electron chi connectivity index (χ2n) is 4.83. The van der Waals surface area contributed by atoms with Gasteiger partial charge in [-0.05, 0) is 31.0 Å². The fourth-order valence-electron chi connectivity index (χ4n) is 2.11. The van der Waals surface area contributed by atoms with Crippen LogP contribution in [-0.2, 0) is 6.54 Å². The standard InChI is InChI=1S/C14H16N4O/c15-10-7-13(17-8-10)14(19)18(12-4-5-12)9-11-3-1-2-6-16-11/h1-3,6-8,12,17H,4-5,9,15H2. The van der Waals surface area contributed by atoms with Crippen LogP contribution in [0.3, 0.4) is 0 Å². The first-order valence-electron chi connectivity index (χ1n) is 6.39. The maximum Gasteiger partial charge on any atom is 0.270 e. The van der Waals surface area contributed by atoms with Gasteiger partial charge in [0.05, 0.1) is 12.2 Å². The van der Waals surface area contributed by atoms with E-state index in [9.17, 15) is 4.79 Å². The van der Waals surface area contributed by atoms with Crippen molar-refractivity contribution in [2.24, 2.45) is 0 Å². The zero-order valence-corrected chi connectivity index (χ0v) is 10.5. The molecule has 0 unspecified atom stereocenters. The number of amides is 1. The van der Waals surface area contributed by atoms with E-state index in [0.29, 0.717) is 24.0 Å². The number of nitrogens with one attached hydrogen (secondary N) is 1. The van der Waals surface area contributed by atoms with E-state index in [1.807, 2.05) is 23.1 Å². The number of aromatic amines is 1. The molecule has 5 heteroatoms. The smallest absolute Gasteiger partial charge is 0.270 e. The minimum absolute atomic E-state index is 0.00940. The molecule has 2 aromatic heterocycles. The van der Waals surface area contributed by atoms with Crippen molar-refractivity contribution in [3.8, 4) is 0 Å². The zero-order valence-electron chi connectivity index (χ0n) is 10.5. The summed E-state index contributed by atoms with van der Waals surface area (Å²) in [6.07, 6.45) is 5.51. The van der Waals surface area contributed by atoms with E-state index >= 15 is 0 Å². The maximum atomic E-state index is 12.5. The Labute approximate surface area is 111 Å². The molecule has 1 aliphatic carbocycles. The number of pyridine rings is 1. The first-order chi connectivity index (χ1) is 9.24. The minimum atomic E-state index is -0.00940. The van der Waals surface area contributed by atoms with Crippen molar-refractivity contribution < 1.29 is 4.79 Å². The molecule has 0 spiro atoms. The van der Waals surface area contributed by atoms with Gasteiger partial charge in [0.15, 0.2) is 0 Å². The number of hydrogen-bond acceptors (Lipinski definition) is 3. The Bertz CT molecular complexity index is 574. The van der Waals surface area contributed by atoms with Crippen molar-refractivity contribution in [1.82, 2.24) is 14.9 Å². The Morgan fingerprint density at radius 2 is 2.32 bits per heavy atom. The number of rotatable bonds is 4. The van der Waals surface area contributed by atoms with Gasteiger partial charge in [0, 0.05) is 24.1 Å². The molecule has 1 saturated carbocycles. The van der Waals surface area contributed by atoms with E-state index in [1.54, 1.807) is 18.5 Å². The summed E-state index contributed by atoms with van der Waals surface area (Å²) >= 11 is 0. The highest BCUT2D eigenvalue weighted by atomic mass is 16.2. The molecule has 1 amide bonds. The fourth-order valence-corrected chi connectivity index (χ4v) is 2.11. The molecule has 3 N–H and O–H groups in total. The highest BCUT2D eigenvalue weighted by molar-refractivity contribution is 5.93. The summed E-state index contributed by atoms with van der Waals surface area (Å²) in [7, 11) is 0. The normalized spacial score (nSPS) is 14.3. The molecule has 0 atom stereocenters. The molecule has 98 valence electrons. The van der Waals surface area contributed by atoms with E-state index in [-0.39, 0.29) is 5.91 Å². The Kier molecular flexibility index (Phi) is 2.95. The van der Waals surface area contributed by atoms with Gasteiger partial charge in [-0.2, -0.15) is 0 Å². The first-order valence-corrected chi connectivity index (χ1v) is 6.39. The summed E-state index contributed by atoms with van der Waals surface area (Å²) < 4.78 is 0. The molecule has 1 aliphatic rings. The maximum absolute atomic E-state index is 12.5. The monoisotopic (exact) mass is 256 g/mol. The van der Waals surface area contributed by atoms with Crippen molar-refractivity contribution in [2.75, 3.05) is 5.73 Å². The number of nitrogen functional groups attached to an aromatic ring is 1. The van der Waals surface area contributed by atoms with Gasteiger partial charge in [-0.3, -0.25) is 9.78 Å². The van der Waals surface area contributed by atoms with Gasteiger partial charge in [-0.1, -0.05) is 6.07 Å². The summed E-state index contributed by atoms with van der Waals surface area (Å²) in [5, 5.41) is 0. The fraction of sp³-hybridized carbons (Fsp3) is 0.286. The number of nitrogens with zero attached hydrogens (tertiary/aromatic N) is 2. The second-order valence-corrected chi connectivity index (χ2v) is 4.83. The zero-order chi connectivity index (χ0) is 13.2. The molecule has 0 aromatic carbocycles. The Balaban J connectivity index is 1.79. The highest BCUT2D eigenvalue weighted by Crippen LogP contribution is 2.29. The lowest BCUT2D eigenvalue weighted by Crippen LogP contribution is -2.33. The van der Waals surface area contributed by atoms with Gasteiger partial charge in [0.2, 0.25) is 0 Å². The summed E-state index contributed by atoms with van der Waals surface area (Å²) in [5.41, 5.74) is 7.67. The Morgan fingerprint density at radius 1 is 1.47 bits per heavy atom. The highest BCUT2D eigenvalue weighted by Gasteiger charge is 2.33. The average molecular weight is 256 g/mol. The molecule has 19 heavy (non-hydrogen) atoms. The van der Waals surface area contributed by atoms with Gasteiger partial charge < -0.3 is 15.6 Å². The van der Waals surface area contributed by atoms with Crippen molar-refractivity contribution in [3.05, 3.63) is 48.0 Å². The van der Waals surface area contributed by atoms with Crippen LogP contribution in [0.4, 0.5) is 5.69 Å². The number of carbonyl (C=O) groups excluding carboxylic acids is 1. The average Bonchev–Trinajstić information content (AvgIpc) is 3.18. The van der Waals surface area contributed by atoms with Gasteiger partial charge in [-0.25, -0.2) is 0 Å². The third-order valence-corrected chi connectivity index (χ3v) is 3.24. The van der Waals surface area contributed by atoms with Crippen LogP contribution in [0.5, 0.6) is 0 Å². The molecule has 0 radical (unpaired) electrons. The van der Waals surface area contributed by atoms with Crippen LogP contribution in [0, 0.1) is 0 Å². The molecule has 0 aliphatic heterocycles. The van der Waals surface area contributed by atoms with Gasteiger partial charge in [0.25, 0.3) is 5.91 Å². The predicted octanol–water partition coefficient (Wildman–Crippen LogP) is 1.80. The van der Waals surface area contributed by atoms with Crippen molar-refractivity contribution in [2.45, 2.75) is 25.4 Å². The summed E-state index contributed by atoms with van der Waals surface area (Å²) in [6.45, 7) is 0.545. The van der Waals surface area contributed by atoms with E-state index < -0.39 is 0 Å². The Morgan fingerprint density at radius 3 is 2.89 bits per heavy atom. The lowest BCUT2D eigenvalue weighted by Gasteiger charge is -2.21. The molecule has 2 aromatic rings. The molecular weight excluding hydrogens is 240 g/mol. The van der Waals surface area contributed by atoms with Gasteiger partial charge >= 0.3 is 0 Å². The second kappa shape index (κ2) is 4.76. The predicted molar refractivity (Wildman–Crippen MR) is 72.3 cm³/mol. The number of anilines is 1.